The zero-order chi connectivity index (χ0) is 12.0. The van der Waals surface area contributed by atoms with Crippen LogP contribution in [0.4, 0.5) is 0 Å². The van der Waals surface area contributed by atoms with Crippen molar-refractivity contribution in [3.8, 4) is 0 Å². The van der Waals surface area contributed by atoms with E-state index in [2.05, 4.69) is 19.2 Å². The Hall–Kier alpha value is -0.120. The van der Waals surface area contributed by atoms with E-state index in [9.17, 15) is 0 Å². The highest BCUT2D eigenvalue weighted by atomic mass is 16.5. The van der Waals surface area contributed by atoms with Crippen molar-refractivity contribution < 1.29 is 9.47 Å². The quantitative estimate of drug-likeness (QED) is 0.757. The fraction of sp³-hybridized carbons (Fsp3) is 1.00. The van der Waals surface area contributed by atoms with Gasteiger partial charge in [0.1, 0.15) is 0 Å². The van der Waals surface area contributed by atoms with Crippen molar-refractivity contribution in [1.82, 2.24) is 5.32 Å². The molecule has 0 aromatic carbocycles. The van der Waals surface area contributed by atoms with Crippen molar-refractivity contribution >= 4 is 0 Å². The molecule has 0 amide bonds. The number of rotatable bonds is 6. The fourth-order valence-electron chi connectivity index (χ4n) is 2.43. The topological polar surface area (TPSA) is 30.5 Å². The zero-order valence-corrected chi connectivity index (χ0v) is 11.2. The molecule has 1 saturated carbocycles. The molecule has 3 nitrogen and oxygen atoms in total. The van der Waals surface area contributed by atoms with Crippen LogP contribution in [0.15, 0.2) is 0 Å². The van der Waals surface area contributed by atoms with Gasteiger partial charge in [-0.15, -0.1) is 0 Å². The molecule has 4 unspecified atom stereocenters. The molecule has 1 N–H and O–H groups in total. The molecule has 1 fully saturated rings. The van der Waals surface area contributed by atoms with Gasteiger partial charge in [-0.2, -0.15) is 0 Å². The van der Waals surface area contributed by atoms with Crippen LogP contribution in [0.25, 0.3) is 0 Å². The third-order valence-corrected chi connectivity index (χ3v) is 3.39. The summed E-state index contributed by atoms with van der Waals surface area (Å²) < 4.78 is 11.5. The van der Waals surface area contributed by atoms with Gasteiger partial charge in [-0.3, -0.25) is 0 Å². The first kappa shape index (κ1) is 13.9. The number of hydrogen-bond donors (Lipinski definition) is 1. The minimum absolute atomic E-state index is 0.200. The van der Waals surface area contributed by atoms with E-state index in [1.807, 2.05) is 14.0 Å². The molecule has 0 heterocycles. The third-order valence-electron chi connectivity index (χ3n) is 3.39. The van der Waals surface area contributed by atoms with Gasteiger partial charge in [0.15, 0.2) is 0 Å². The minimum atomic E-state index is 0.200. The largest absolute Gasteiger partial charge is 0.379 e. The molecule has 0 bridgehead atoms. The Labute approximate surface area is 99.9 Å². The van der Waals surface area contributed by atoms with Crippen molar-refractivity contribution in [2.24, 2.45) is 5.92 Å². The van der Waals surface area contributed by atoms with Gasteiger partial charge in [-0.1, -0.05) is 6.92 Å². The SMILES string of the molecule is CCOCC(C)OC1CC(C)CCC1NC. The van der Waals surface area contributed by atoms with Gasteiger partial charge < -0.3 is 14.8 Å². The van der Waals surface area contributed by atoms with Crippen molar-refractivity contribution in [1.29, 1.82) is 0 Å². The predicted molar refractivity (Wildman–Crippen MR) is 66.7 cm³/mol. The van der Waals surface area contributed by atoms with Gasteiger partial charge >= 0.3 is 0 Å². The van der Waals surface area contributed by atoms with Crippen LogP contribution in [0, 0.1) is 5.92 Å². The monoisotopic (exact) mass is 229 g/mol. The lowest BCUT2D eigenvalue weighted by atomic mass is 9.85. The van der Waals surface area contributed by atoms with Crippen LogP contribution in [-0.4, -0.2) is 38.5 Å². The summed E-state index contributed by atoms with van der Waals surface area (Å²) in [6.45, 7) is 7.91. The first-order valence-corrected chi connectivity index (χ1v) is 6.57. The normalized spacial score (nSPS) is 32.6. The van der Waals surface area contributed by atoms with Gasteiger partial charge in [0, 0.05) is 12.6 Å². The second kappa shape index (κ2) is 7.25. The average molecular weight is 229 g/mol. The molecule has 16 heavy (non-hydrogen) atoms. The Morgan fingerprint density at radius 2 is 2.12 bits per heavy atom. The summed E-state index contributed by atoms with van der Waals surface area (Å²) in [4.78, 5) is 0. The molecule has 1 aliphatic carbocycles. The molecule has 0 spiro atoms. The summed E-state index contributed by atoms with van der Waals surface area (Å²) in [7, 11) is 2.03. The molecule has 0 aliphatic heterocycles. The highest BCUT2D eigenvalue weighted by Crippen LogP contribution is 2.27. The van der Waals surface area contributed by atoms with E-state index in [1.54, 1.807) is 0 Å². The Kier molecular flexibility index (Phi) is 6.32. The highest BCUT2D eigenvalue weighted by Gasteiger charge is 2.29. The molecule has 0 aromatic heterocycles. The maximum absolute atomic E-state index is 6.08. The van der Waals surface area contributed by atoms with E-state index in [-0.39, 0.29) is 6.10 Å². The summed E-state index contributed by atoms with van der Waals surface area (Å²) in [5.74, 6) is 0.786. The first-order valence-electron chi connectivity index (χ1n) is 6.57. The summed E-state index contributed by atoms with van der Waals surface area (Å²) in [5.41, 5.74) is 0. The van der Waals surface area contributed by atoms with Crippen molar-refractivity contribution in [3.63, 3.8) is 0 Å². The molecule has 1 aliphatic rings. The first-order chi connectivity index (χ1) is 7.67. The average Bonchev–Trinajstić information content (AvgIpc) is 2.27. The van der Waals surface area contributed by atoms with E-state index in [0.717, 1.165) is 12.5 Å². The van der Waals surface area contributed by atoms with E-state index < -0.39 is 0 Å². The second-order valence-electron chi connectivity index (χ2n) is 4.96. The van der Waals surface area contributed by atoms with E-state index >= 15 is 0 Å². The smallest absolute Gasteiger partial charge is 0.0785 e. The summed E-state index contributed by atoms with van der Waals surface area (Å²) in [6, 6.07) is 0.514. The van der Waals surface area contributed by atoms with E-state index in [4.69, 9.17) is 9.47 Å². The van der Waals surface area contributed by atoms with Gasteiger partial charge in [0.25, 0.3) is 0 Å². The number of nitrogens with one attached hydrogen (secondary N) is 1. The summed E-state index contributed by atoms with van der Waals surface area (Å²) in [5, 5.41) is 3.37. The lowest BCUT2D eigenvalue weighted by molar-refractivity contribution is -0.0764. The molecule has 0 aromatic rings. The van der Waals surface area contributed by atoms with Crippen LogP contribution in [0.1, 0.15) is 40.0 Å². The van der Waals surface area contributed by atoms with Crippen LogP contribution in [-0.2, 0) is 9.47 Å². The molecule has 1 rings (SSSR count). The molecule has 0 saturated heterocycles. The lowest BCUT2D eigenvalue weighted by Gasteiger charge is -2.36. The molecule has 96 valence electrons. The van der Waals surface area contributed by atoms with Crippen LogP contribution >= 0.6 is 0 Å². The number of ether oxygens (including phenoxy) is 2. The van der Waals surface area contributed by atoms with E-state index in [1.165, 1.54) is 19.3 Å². The standard InChI is InChI=1S/C13H27NO2/c1-5-15-9-11(3)16-13-8-10(2)6-7-12(13)14-4/h10-14H,5-9H2,1-4H3. The molecule has 4 atom stereocenters. The van der Waals surface area contributed by atoms with Gasteiger partial charge in [0.05, 0.1) is 18.8 Å². The molecular weight excluding hydrogens is 202 g/mol. The van der Waals surface area contributed by atoms with Crippen LogP contribution < -0.4 is 5.32 Å². The van der Waals surface area contributed by atoms with Gasteiger partial charge in [0.2, 0.25) is 0 Å². The van der Waals surface area contributed by atoms with Gasteiger partial charge in [-0.25, -0.2) is 0 Å². The number of hydrogen-bond acceptors (Lipinski definition) is 3. The Morgan fingerprint density at radius 3 is 2.75 bits per heavy atom. The Balaban J connectivity index is 2.36. The Morgan fingerprint density at radius 1 is 1.38 bits per heavy atom. The van der Waals surface area contributed by atoms with Crippen LogP contribution in [0.2, 0.25) is 0 Å². The maximum Gasteiger partial charge on any atom is 0.0785 e. The zero-order valence-electron chi connectivity index (χ0n) is 11.2. The minimum Gasteiger partial charge on any atom is -0.379 e. The molecule has 0 radical (unpaired) electrons. The maximum atomic E-state index is 6.08. The highest BCUT2D eigenvalue weighted by molar-refractivity contribution is 4.84. The molecular formula is C13H27NO2. The second-order valence-corrected chi connectivity index (χ2v) is 4.96. The van der Waals surface area contributed by atoms with Crippen LogP contribution in [0.3, 0.4) is 0 Å². The van der Waals surface area contributed by atoms with Crippen molar-refractivity contribution in [2.45, 2.75) is 58.3 Å². The van der Waals surface area contributed by atoms with E-state index in [0.29, 0.717) is 18.8 Å². The van der Waals surface area contributed by atoms with Gasteiger partial charge in [-0.05, 0) is 46.1 Å². The fourth-order valence-corrected chi connectivity index (χ4v) is 2.43. The van der Waals surface area contributed by atoms with Crippen molar-refractivity contribution in [2.75, 3.05) is 20.3 Å². The summed E-state index contributed by atoms with van der Waals surface area (Å²) in [6.07, 6.45) is 4.26. The predicted octanol–water partition coefficient (Wildman–Crippen LogP) is 2.20. The van der Waals surface area contributed by atoms with Crippen LogP contribution in [0.5, 0.6) is 0 Å². The third kappa shape index (κ3) is 4.40. The number of likely N-dealkylation sites (N-methyl/N-ethyl adjacent to an activating group) is 1. The molecule has 3 heteroatoms. The summed E-state index contributed by atoms with van der Waals surface area (Å²) >= 11 is 0. The lowest BCUT2D eigenvalue weighted by Crippen LogP contribution is -2.45. The van der Waals surface area contributed by atoms with Crippen molar-refractivity contribution in [3.05, 3.63) is 0 Å². The Bertz CT molecular complexity index is 187.